The molecular weight excluding hydrogens is 620 g/mol. The van der Waals surface area contributed by atoms with Gasteiger partial charge in [-0.15, -0.1) is 0 Å². The molecule has 0 unspecified atom stereocenters. The lowest BCUT2D eigenvalue weighted by atomic mass is 9.80. The lowest BCUT2D eigenvalue weighted by molar-refractivity contribution is 1.50. The van der Waals surface area contributed by atoms with Gasteiger partial charge in [-0.3, -0.25) is 0 Å². The fraction of sp³-hybridized carbons (Fsp3) is 0. The standard InChI is InChI=1S/C36H26Br2N2/c37-34-28(39)22-21-27(29(34)23-13-5-1-6-14-23)33-30(24-15-7-2-8-16-24)32(26-19-11-4-12-20-26)36(40)35(38)31(33)25-17-9-3-10-18-25/h1-22H,39-40H2. The zero-order valence-corrected chi connectivity index (χ0v) is 24.8. The summed E-state index contributed by atoms with van der Waals surface area (Å²) in [4.78, 5) is 0. The fourth-order valence-electron chi connectivity index (χ4n) is 5.37. The minimum Gasteiger partial charge on any atom is -0.398 e. The first-order valence-electron chi connectivity index (χ1n) is 13.0. The summed E-state index contributed by atoms with van der Waals surface area (Å²) in [5.74, 6) is 0. The Bertz CT molecular complexity index is 1800. The maximum absolute atomic E-state index is 7.06. The maximum atomic E-state index is 7.06. The van der Waals surface area contributed by atoms with Gasteiger partial charge in [0, 0.05) is 36.9 Å². The van der Waals surface area contributed by atoms with Crippen molar-refractivity contribution in [2.24, 2.45) is 0 Å². The third-order valence-electron chi connectivity index (χ3n) is 7.17. The van der Waals surface area contributed by atoms with E-state index in [-0.39, 0.29) is 0 Å². The number of halogens is 2. The maximum Gasteiger partial charge on any atom is 0.0551 e. The minimum atomic E-state index is 0.683. The Balaban J connectivity index is 1.87. The van der Waals surface area contributed by atoms with Crippen molar-refractivity contribution >= 4 is 43.2 Å². The Kier molecular flexibility index (Phi) is 7.29. The van der Waals surface area contributed by atoms with E-state index in [9.17, 15) is 0 Å². The third kappa shape index (κ3) is 4.64. The first kappa shape index (κ1) is 26.1. The Morgan fingerprint density at radius 3 is 1.23 bits per heavy atom. The molecule has 0 aromatic heterocycles. The summed E-state index contributed by atoms with van der Waals surface area (Å²) in [5.41, 5.74) is 25.5. The van der Waals surface area contributed by atoms with E-state index >= 15 is 0 Å². The van der Waals surface area contributed by atoms with Crippen LogP contribution in [-0.2, 0) is 0 Å². The number of rotatable bonds is 5. The number of anilines is 2. The van der Waals surface area contributed by atoms with Crippen molar-refractivity contribution in [1.82, 2.24) is 0 Å². The monoisotopic (exact) mass is 644 g/mol. The SMILES string of the molecule is Nc1ccc(-c2c(-c3ccccc3)c(Br)c(N)c(-c3ccccc3)c2-c2ccccc2)c(-c2ccccc2)c1Br. The van der Waals surface area contributed by atoms with Crippen LogP contribution in [0.1, 0.15) is 0 Å². The van der Waals surface area contributed by atoms with Gasteiger partial charge in [-0.2, -0.15) is 0 Å². The molecule has 0 bridgehead atoms. The van der Waals surface area contributed by atoms with Crippen molar-refractivity contribution in [3.8, 4) is 55.6 Å². The summed E-state index contributed by atoms with van der Waals surface area (Å²) in [6.07, 6.45) is 0. The number of hydrogen-bond donors (Lipinski definition) is 2. The van der Waals surface area contributed by atoms with Crippen LogP contribution in [0.25, 0.3) is 55.6 Å². The average Bonchev–Trinajstić information content (AvgIpc) is 3.01. The van der Waals surface area contributed by atoms with Gasteiger partial charge in [-0.1, -0.05) is 127 Å². The van der Waals surface area contributed by atoms with Crippen LogP contribution in [0.3, 0.4) is 0 Å². The second kappa shape index (κ2) is 11.2. The highest BCUT2D eigenvalue weighted by molar-refractivity contribution is 9.11. The van der Waals surface area contributed by atoms with Crippen LogP contribution in [0.15, 0.2) is 142 Å². The Morgan fingerprint density at radius 2 is 0.750 bits per heavy atom. The molecule has 4 N–H and O–H groups in total. The molecule has 0 radical (unpaired) electrons. The minimum absolute atomic E-state index is 0.683. The van der Waals surface area contributed by atoms with Crippen LogP contribution >= 0.6 is 31.9 Å². The largest absolute Gasteiger partial charge is 0.398 e. The Hall–Kier alpha value is -4.12. The molecule has 6 aromatic carbocycles. The first-order valence-corrected chi connectivity index (χ1v) is 14.6. The summed E-state index contributed by atoms with van der Waals surface area (Å²) in [6.45, 7) is 0. The second-order valence-corrected chi connectivity index (χ2v) is 11.2. The topological polar surface area (TPSA) is 52.0 Å². The Labute approximate surface area is 251 Å². The summed E-state index contributed by atoms with van der Waals surface area (Å²) in [6, 6.07) is 45.8. The van der Waals surface area contributed by atoms with E-state index in [1.807, 2.05) is 30.3 Å². The predicted octanol–water partition coefficient (Wildman–Crippen LogP) is 10.7. The zero-order valence-electron chi connectivity index (χ0n) is 21.6. The molecule has 0 saturated carbocycles. The van der Waals surface area contributed by atoms with Gasteiger partial charge >= 0.3 is 0 Å². The van der Waals surface area contributed by atoms with Crippen molar-refractivity contribution in [2.45, 2.75) is 0 Å². The molecule has 194 valence electrons. The highest BCUT2D eigenvalue weighted by atomic mass is 79.9. The van der Waals surface area contributed by atoms with Gasteiger partial charge in [0.25, 0.3) is 0 Å². The van der Waals surface area contributed by atoms with Gasteiger partial charge < -0.3 is 11.5 Å². The van der Waals surface area contributed by atoms with Crippen LogP contribution in [0.4, 0.5) is 11.4 Å². The molecule has 0 heterocycles. The highest BCUT2D eigenvalue weighted by Gasteiger charge is 2.27. The van der Waals surface area contributed by atoms with Crippen LogP contribution in [0.2, 0.25) is 0 Å². The van der Waals surface area contributed by atoms with E-state index in [1.54, 1.807) is 0 Å². The van der Waals surface area contributed by atoms with Crippen LogP contribution < -0.4 is 11.5 Å². The highest BCUT2D eigenvalue weighted by Crippen LogP contribution is 2.55. The Morgan fingerprint density at radius 1 is 0.350 bits per heavy atom. The van der Waals surface area contributed by atoms with Crippen molar-refractivity contribution < 1.29 is 0 Å². The van der Waals surface area contributed by atoms with Crippen molar-refractivity contribution in [3.05, 3.63) is 142 Å². The van der Waals surface area contributed by atoms with Crippen molar-refractivity contribution in [1.29, 1.82) is 0 Å². The molecule has 2 nitrogen and oxygen atoms in total. The molecule has 0 atom stereocenters. The smallest absolute Gasteiger partial charge is 0.0551 e. The van der Waals surface area contributed by atoms with Crippen molar-refractivity contribution in [3.63, 3.8) is 0 Å². The molecule has 6 aromatic rings. The first-order chi connectivity index (χ1) is 19.6. The summed E-state index contributed by atoms with van der Waals surface area (Å²) >= 11 is 7.83. The lowest BCUT2D eigenvalue weighted by Gasteiger charge is -2.26. The molecule has 0 aliphatic heterocycles. The number of nitrogen functional groups attached to an aromatic ring is 2. The van der Waals surface area contributed by atoms with Crippen LogP contribution in [0, 0.1) is 0 Å². The van der Waals surface area contributed by atoms with Gasteiger partial charge in [0.2, 0.25) is 0 Å². The molecule has 4 heteroatoms. The number of nitrogens with two attached hydrogens (primary N) is 2. The molecule has 0 saturated heterocycles. The van der Waals surface area contributed by atoms with E-state index in [4.69, 9.17) is 11.5 Å². The summed E-state index contributed by atoms with van der Waals surface area (Å²) in [7, 11) is 0. The van der Waals surface area contributed by atoms with Gasteiger partial charge in [-0.05, 0) is 71.3 Å². The molecule has 40 heavy (non-hydrogen) atoms. The normalized spacial score (nSPS) is 10.9. The molecule has 0 aliphatic carbocycles. The third-order valence-corrected chi connectivity index (χ3v) is 8.84. The molecule has 0 aliphatic rings. The molecule has 6 rings (SSSR count). The van der Waals surface area contributed by atoms with Crippen LogP contribution in [-0.4, -0.2) is 0 Å². The lowest BCUT2D eigenvalue weighted by Crippen LogP contribution is -2.03. The van der Waals surface area contributed by atoms with Gasteiger partial charge in [0.05, 0.1) is 5.69 Å². The van der Waals surface area contributed by atoms with E-state index in [1.165, 1.54) is 0 Å². The van der Waals surface area contributed by atoms with E-state index < -0.39 is 0 Å². The van der Waals surface area contributed by atoms with Gasteiger partial charge in [0.15, 0.2) is 0 Å². The summed E-state index contributed by atoms with van der Waals surface area (Å²) < 4.78 is 1.72. The van der Waals surface area contributed by atoms with E-state index in [2.05, 4.69) is 135 Å². The van der Waals surface area contributed by atoms with Gasteiger partial charge in [0.1, 0.15) is 0 Å². The van der Waals surface area contributed by atoms with Crippen LogP contribution in [0.5, 0.6) is 0 Å². The quantitative estimate of drug-likeness (QED) is 0.183. The molecule has 0 fully saturated rings. The molecule has 0 spiro atoms. The number of hydrogen-bond acceptors (Lipinski definition) is 2. The zero-order chi connectivity index (χ0) is 27.6. The van der Waals surface area contributed by atoms with Gasteiger partial charge in [-0.25, -0.2) is 0 Å². The summed E-state index contributed by atoms with van der Waals surface area (Å²) in [5, 5.41) is 0. The van der Waals surface area contributed by atoms with E-state index in [0.29, 0.717) is 11.4 Å². The molecule has 0 amide bonds. The van der Waals surface area contributed by atoms with Crippen molar-refractivity contribution in [2.75, 3.05) is 11.5 Å². The van der Waals surface area contributed by atoms with E-state index in [0.717, 1.165) is 64.6 Å². The predicted molar refractivity (Wildman–Crippen MR) is 178 cm³/mol. The second-order valence-electron chi connectivity index (χ2n) is 9.58. The fourth-order valence-corrected chi connectivity index (χ4v) is 6.57. The molecular formula is C36H26Br2N2. The number of benzene rings is 6. The average molecular weight is 646 g/mol.